The Kier molecular flexibility index (Phi) is 7.74. The Labute approximate surface area is 132 Å². The van der Waals surface area contributed by atoms with Gasteiger partial charge in [-0.05, 0) is 20.8 Å². The third kappa shape index (κ3) is 4.16. The zero-order chi connectivity index (χ0) is 16.7. The molecular weight excluding hydrogens is 288 g/mol. The fraction of sp³-hybridized carbons (Fsp3) is 0.857. The topological polar surface area (TPSA) is 70.9 Å². The zero-order valence-electron chi connectivity index (χ0n) is 14.6. The van der Waals surface area contributed by atoms with Crippen molar-refractivity contribution in [2.45, 2.75) is 39.3 Å². The van der Waals surface area contributed by atoms with Crippen molar-refractivity contribution < 1.29 is 18.9 Å². The Morgan fingerprint density at radius 3 is 1.68 bits per heavy atom. The lowest BCUT2D eigenvalue weighted by Crippen LogP contribution is -2.44. The van der Waals surface area contributed by atoms with Gasteiger partial charge in [0.15, 0.2) is 17.9 Å². The van der Waals surface area contributed by atoms with Gasteiger partial charge >= 0.3 is 0 Å². The van der Waals surface area contributed by atoms with Gasteiger partial charge in [0.25, 0.3) is 0 Å². The van der Waals surface area contributed by atoms with E-state index < -0.39 is 0 Å². The fourth-order valence-corrected chi connectivity index (χ4v) is 2.08. The number of hydrogen-bond donors (Lipinski definition) is 0. The molecule has 0 aliphatic carbocycles. The minimum absolute atomic E-state index is 0.192. The summed E-state index contributed by atoms with van der Waals surface area (Å²) in [6.07, 6.45) is -0.732. The highest BCUT2D eigenvalue weighted by molar-refractivity contribution is 5.07. The fourth-order valence-electron chi connectivity index (χ4n) is 2.08. The number of likely N-dealkylation sites (N-methyl/N-ethyl adjacent to an activating group) is 1. The number of ether oxygens (including phenoxy) is 4. The van der Waals surface area contributed by atoms with Crippen molar-refractivity contribution in [3.05, 3.63) is 11.6 Å². The van der Waals surface area contributed by atoms with Gasteiger partial charge in [0.05, 0.1) is 6.54 Å². The van der Waals surface area contributed by atoms with Gasteiger partial charge in [-0.3, -0.25) is 0 Å². The molecule has 22 heavy (non-hydrogen) atoms. The van der Waals surface area contributed by atoms with Gasteiger partial charge in [-0.15, -0.1) is 10.2 Å². The highest BCUT2D eigenvalue weighted by Gasteiger charge is 2.26. The van der Waals surface area contributed by atoms with Crippen LogP contribution in [0.1, 0.15) is 44.6 Å². The van der Waals surface area contributed by atoms with E-state index in [1.54, 1.807) is 28.4 Å². The molecule has 0 fully saturated rings. The molecule has 0 aromatic carbocycles. The van der Waals surface area contributed by atoms with E-state index in [1.807, 2.05) is 30.5 Å². The molecule has 2 atom stereocenters. The second-order valence-electron chi connectivity index (χ2n) is 4.89. The standard InChI is InChI=1S/C14H28N4O4/c1-8-17(9-12(21-6)22-7)18-13(10(2)19-4)15-16-14(18)11(3)20-5/h10-12H,8-9H2,1-7H3. The average molecular weight is 316 g/mol. The summed E-state index contributed by atoms with van der Waals surface area (Å²) in [4.78, 5) is 0. The van der Waals surface area contributed by atoms with Gasteiger partial charge in [0, 0.05) is 35.0 Å². The molecule has 1 aromatic heterocycles. The normalized spacial score (nSPS) is 14.4. The largest absolute Gasteiger partial charge is 0.374 e. The van der Waals surface area contributed by atoms with Crippen LogP contribution in [-0.2, 0) is 18.9 Å². The van der Waals surface area contributed by atoms with Gasteiger partial charge in [-0.1, -0.05) is 0 Å². The van der Waals surface area contributed by atoms with E-state index in [1.165, 1.54) is 0 Å². The average Bonchev–Trinajstić information content (AvgIpc) is 2.99. The van der Waals surface area contributed by atoms with Crippen molar-refractivity contribution in [3.8, 4) is 0 Å². The highest BCUT2D eigenvalue weighted by atomic mass is 16.7. The first kappa shape index (κ1) is 18.8. The summed E-state index contributed by atoms with van der Waals surface area (Å²) in [5.41, 5.74) is 0. The quantitative estimate of drug-likeness (QED) is 0.602. The minimum atomic E-state index is -0.348. The van der Waals surface area contributed by atoms with Crippen LogP contribution in [0.25, 0.3) is 0 Å². The number of rotatable bonds is 10. The monoisotopic (exact) mass is 316 g/mol. The van der Waals surface area contributed by atoms with Crippen molar-refractivity contribution in [1.82, 2.24) is 14.9 Å². The first-order valence-corrected chi connectivity index (χ1v) is 7.35. The summed E-state index contributed by atoms with van der Waals surface area (Å²) >= 11 is 0. The lowest BCUT2D eigenvalue weighted by Gasteiger charge is -2.31. The van der Waals surface area contributed by atoms with E-state index in [-0.39, 0.29) is 18.5 Å². The van der Waals surface area contributed by atoms with Gasteiger partial charge in [-0.25, -0.2) is 4.68 Å². The molecule has 1 aromatic rings. The van der Waals surface area contributed by atoms with Gasteiger partial charge < -0.3 is 24.0 Å². The summed E-state index contributed by atoms with van der Waals surface area (Å²) in [5.74, 6) is 1.43. The van der Waals surface area contributed by atoms with Crippen LogP contribution in [-0.4, -0.2) is 62.7 Å². The molecular formula is C14H28N4O4. The smallest absolute Gasteiger partial charge is 0.180 e. The van der Waals surface area contributed by atoms with Crippen LogP contribution in [0, 0.1) is 0 Å². The van der Waals surface area contributed by atoms with E-state index in [4.69, 9.17) is 18.9 Å². The second kappa shape index (κ2) is 9.04. The third-order valence-electron chi connectivity index (χ3n) is 3.66. The van der Waals surface area contributed by atoms with Crippen molar-refractivity contribution in [2.24, 2.45) is 0 Å². The summed E-state index contributed by atoms with van der Waals surface area (Å²) < 4.78 is 23.3. The molecule has 1 rings (SSSR count). The summed E-state index contributed by atoms with van der Waals surface area (Å²) in [5, 5.41) is 10.6. The summed E-state index contributed by atoms with van der Waals surface area (Å²) in [6.45, 7) is 7.17. The molecule has 0 spiro atoms. The van der Waals surface area contributed by atoms with Crippen LogP contribution in [0.2, 0.25) is 0 Å². The molecule has 128 valence electrons. The highest BCUT2D eigenvalue weighted by Crippen LogP contribution is 2.21. The van der Waals surface area contributed by atoms with Crippen molar-refractivity contribution in [2.75, 3.05) is 46.5 Å². The van der Waals surface area contributed by atoms with E-state index in [0.717, 1.165) is 6.54 Å². The Balaban J connectivity index is 3.22. The molecule has 0 aliphatic heterocycles. The molecule has 8 nitrogen and oxygen atoms in total. The lowest BCUT2D eigenvalue weighted by molar-refractivity contribution is -0.0975. The number of hydrogen-bond acceptors (Lipinski definition) is 7. The van der Waals surface area contributed by atoms with Gasteiger partial charge in [0.2, 0.25) is 0 Å². The maximum atomic E-state index is 5.40. The van der Waals surface area contributed by atoms with Crippen LogP contribution in [0.4, 0.5) is 0 Å². The lowest BCUT2D eigenvalue weighted by atomic mass is 10.3. The molecule has 0 saturated heterocycles. The van der Waals surface area contributed by atoms with Crippen LogP contribution in [0.15, 0.2) is 0 Å². The maximum Gasteiger partial charge on any atom is 0.180 e. The molecule has 0 radical (unpaired) electrons. The van der Waals surface area contributed by atoms with E-state index in [2.05, 4.69) is 10.2 Å². The number of methoxy groups -OCH3 is 4. The van der Waals surface area contributed by atoms with E-state index in [0.29, 0.717) is 18.2 Å². The number of aromatic nitrogens is 3. The van der Waals surface area contributed by atoms with Crippen LogP contribution in [0.3, 0.4) is 0 Å². The Morgan fingerprint density at radius 2 is 1.36 bits per heavy atom. The van der Waals surface area contributed by atoms with Crippen molar-refractivity contribution in [3.63, 3.8) is 0 Å². The number of nitrogens with zero attached hydrogens (tertiary/aromatic N) is 4. The third-order valence-corrected chi connectivity index (χ3v) is 3.66. The zero-order valence-corrected chi connectivity index (χ0v) is 14.6. The Hall–Kier alpha value is -1.22. The molecule has 0 aliphatic rings. The predicted octanol–water partition coefficient (Wildman–Crippen LogP) is 1.27. The first-order valence-electron chi connectivity index (χ1n) is 7.35. The van der Waals surface area contributed by atoms with Crippen LogP contribution >= 0.6 is 0 Å². The van der Waals surface area contributed by atoms with Crippen LogP contribution < -0.4 is 5.01 Å². The predicted molar refractivity (Wildman–Crippen MR) is 82.3 cm³/mol. The molecule has 0 bridgehead atoms. The van der Waals surface area contributed by atoms with Gasteiger partial charge in [0.1, 0.15) is 12.2 Å². The van der Waals surface area contributed by atoms with Crippen LogP contribution in [0.5, 0.6) is 0 Å². The molecule has 2 unspecified atom stereocenters. The van der Waals surface area contributed by atoms with Crippen molar-refractivity contribution >= 4 is 0 Å². The second-order valence-corrected chi connectivity index (χ2v) is 4.89. The van der Waals surface area contributed by atoms with E-state index in [9.17, 15) is 0 Å². The molecule has 0 amide bonds. The Bertz CT molecular complexity index is 409. The summed E-state index contributed by atoms with van der Waals surface area (Å²) in [6, 6.07) is 0. The SMILES string of the molecule is CCN(CC(OC)OC)n1c(C(C)OC)nnc1C(C)OC. The maximum absolute atomic E-state index is 5.40. The minimum Gasteiger partial charge on any atom is -0.374 e. The van der Waals surface area contributed by atoms with E-state index >= 15 is 0 Å². The molecule has 8 heteroatoms. The summed E-state index contributed by atoms with van der Waals surface area (Å²) in [7, 11) is 6.52. The van der Waals surface area contributed by atoms with Crippen molar-refractivity contribution in [1.29, 1.82) is 0 Å². The molecule has 1 heterocycles. The first-order chi connectivity index (χ1) is 10.5. The Morgan fingerprint density at radius 1 is 0.909 bits per heavy atom. The van der Waals surface area contributed by atoms with Gasteiger partial charge in [-0.2, -0.15) is 0 Å². The molecule has 0 N–H and O–H groups in total. The molecule has 0 saturated carbocycles.